The summed E-state index contributed by atoms with van der Waals surface area (Å²) in [7, 11) is 0. The third kappa shape index (κ3) is 6.99. The van der Waals surface area contributed by atoms with E-state index in [1.807, 2.05) is 0 Å². The molecule has 0 aliphatic heterocycles. The Balaban J connectivity index is 0.00000210. The van der Waals surface area contributed by atoms with Crippen LogP contribution >= 0.6 is 36.2 Å². The minimum Gasteiger partial charge on any atom is -0.469 e. The summed E-state index contributed by atoms with van der Waals surface area (Å²) >= 11 is 1.30. The Bertz CT molecular complexity index is 790. The predicted molar refractivity (Wildman–Crippen MR) is 119 cm³/mol. The molecule has 0 spiro atoms. The van der Waals surface area contributed by atoms with Crippen LogP contribution in [0.4, 0.5) is 5.13 Å². The second-order valence-corrected chi connectivity index (χ2v) is 7.83. The number of nitrogens with two attached hydrogens (primary N) is 1. The van der Waals surface area contributed by atoms with Gasteiger partial charge in [-0.1, -0.05) is 19.3 Å². The van der Waals surface area contributed by atoms with Gasteiger partial charge in [0.2, 0.25) is 5.91 Å². The second kappa shape index (κ2) is 12.2. The Hall–Kier alpha value is -1.61. The van der Waals surface area contributed by atoms with Gasteiger partial charge in [0.1, 0.15) is 5.76 Å². The Morgan fingerprint density at radius 1 is 1.31 bits per heavy atom. The van der Waals surface area contributed by atoms with Gasteiger partial charge in [-0.2, -0.15) is 0 Å². The van der Waals surface area contributed by atoms with Crippen molar-refractivity contribution in [2.75, 3.05) is 11.9 Å². The maximum Gasteiger partial charge on any atom is 0.260 e. The van der Waals surface area contributed by atoms with Gasteiger partial charge in [-0.25, -0.2) is 4.98 Å². The van der Waals surface area contributed by atoms with Crippen LogP contribution in [0.2, 0.25) is 0 Å². The van der Waals surface area contributed by atoms with Crippen LogP contribution in [0.15, 0.2) is 22.1 Å². The number of carbonyl (C=O) groups is 2. The van der Waals surface area contributed by atoms with Crippen LogP contribution in [0.5, 0.6) is 0 Å². The molecule has 0 saturated heterocycles. The molecule has 0 bridgehead atoms. The van der Waals surface area contributed by atoms with Crippen LogP contribution in [0.1, 0.15) is 53.9 Å². The molecular formula is C19H28Cl2N4O3S. The van der Waals surface area contributed by atoms with E-state index in [2.05, 4.69) is 15.6 Å². The number of thiazole rings is 1. The van der Waals surface area contributed by atoms with Crippen molar-refractivity contribution >= 4 is 53.1 Å². The van der Waals surface area contributed by atoms with Crippen LogP contribution in [0.25, 0.3) is 0 Å². The lowest BCUT2D eigenvalue weighted by Crippen LogP contribution is -2.46. The first-order valence-electron chi connectivity index (χ1n) is 9.36. The minimum absolute atomic E-state index is 0. The lowest BCUT2D eigenvalue weighted by Gasteiger charge is -2.30. The number of aromatic nitrogens is 1. The molecule has 2 aromatic heterocycles. The largest absolute Gasteiger partial charge is 0.469 e. The number of halogens is 2. The van der Waals surface area contributed by atoms with Crippen molar-refractivity contribution in [2.24, 2.45) is 11.7 Å². The predicted octanol–water partition coefficient (Wildman–Crippen LogP) is 3.71. The summed E-state index contributed by atoms with van der Waals surface area (Å²) in [6.07, 6.45) is 7.60. The Morgan fingerprint density at radius 3 is 2.66 bits per heavy atom. The molecule has 1 saturated carbocycles. The van der Waals surface area contributed by atoms with E-state index in [-0.39, 0.29) is 49.1 Å². The first-order chi connectivity index (χ1) is 13.1. The van der Waals surface area contributed by atoms with Crippen molar-refractivity contribution < 1.29 is 14.0 Å². The first kappa shape index (κ1) is 25.4. The topological polar surface area (TPSA) is 110 Å². The van der Waals surface area contributed by atoms with E-state index in [9.17, 15) is 9.59 Å². The van der Waals surface area contributed by atoms with Crippen molar-refractivity contribution in [3.63, 3.8) is 0 Å². The molecule has 0 radical (unpaired) electrons. The Kier molecular flexibility index (Phi) is 10.7. The number of hydrogen-bond acceptors (Lipinski definition) is 6. The molecule has 4 N–H and O–H groups in total. The van der Waals surface area contributed by atoms with E-state index in [1.54, 1.807) is 18.4 Å². The molecule has 1 fully saturated rings. The number of aryl methyl sites for hydroxylation is 1. The van der Waals surface area contributed by atoms with E-state index in [0.29, 0.717) is 34.6 Å². The SMILES string of the molecule is Cc1occc1C(=O)Nc1nc(CC(=O)NC(CN)C2CCCCC2)cs1.Cl.Cl. The summed E-state index contributed by atoms with van der Waals surface area (Å²) in [5, 5.41) is 8.06. The van der Waals surface area contributed by atoms with Crippen LogP contribution < -0.4 is 16.4 Å². The van der Waals surface area contributed by atoms with Crippen molar-refractivity contribution in [3.8, 4) is 0 Å². The summed E-state index contributed by atoms with van der Waals surface area (Å²) in [5.41, 5.74) is 6.99. The van der Waals surface area contributed by atoms with Gasteiger partial charge in [0.05, 0.1) is 23.9 Å². The third-order valence-electron chi connectivity index (χ3n) is 5.04. The summed E-state index contributed by atoms with van der Waals surface area (Å²) in [4.78, 5) is 28.9. The maximum atomic E-state index is 12.4. The number of amides is 2. The molecule has 7 nitrogen and oxygen atoms in total. The number of furan rings is 1. The van der Waals surface area contributed by atoms with Gasteiger partial charge in [-0.3, -0.25) is 14.9 Å². The number of anilines is 1. The van der Waals surface area contributed by atoms with Gasteiger partial charge >= 0.3 is 0 Å². The zero-order chi connectivity index (χ0) is 19.2. The molecule has 1 atom stereocenters. The molecule has 29 heavy (non-hydrogen) atoms. The highest BCUT2D eigenvalue weighted by atomic mass is 35.5. The van der Waals surface area contributed by atoms with E-state index >= 15 is 0 Å². The lowest BCUT2D eigenvalue weighted by molar-refractivity contribution is -0.121. The zero-order valence-corrected chi connectivity index (χ0v) is 18.8. The maximum absolute atomic E-state index is 12.4. The molecule has 1 aliphatic carbocycles. The molecule has 162 valence electrons. The number of nitrogens with zero attached hydrogens (tertiary/aromatic N) is 1. The lowest BCUT2D eigenvalue weighted by atomic mass is 9.84. The van der Waals surface area contributed by atoms with E-state index < -0.39 is 0 Å². The fourth-order valence-corrected chi connectivity index (χ4v) is 4.26. The van der Waals surface area contributed by atoms with E-state index in [1.165, 1.54) is 36.9 Å². The Labute approximate surface area is 187 Å². The quantitative estimate of drug-likeness (QED) is 0.580. The van der Waals surface area contributed by atoms with E-state index in [4.69, 9.17) is 10.2 Å². The highest BCUT2D eigenvalue weighted by Crippen LogP contribution is 2.26. The summed E-state index contributed by atoms with van der Waals surface area (Å²) in [6.45, 7) is 2.19. The van der Waals surface area contributed by atoms with Gasteiger partial charge in [0.25, 0.3) is 5.91 Å². The fourth-order valence-electron chi connectivity index (χ4n) is 3.56. The average molecular weight is 463 g/mol. The standard InChI is InChI=1S/C19H26N4O3S.2ClH/c1-12-15(7-8-26-12)18(25)23-19-21-14(11-27-19)9-17(24)22-16(10-20)13-5-3-2-4-6-13;;/h7-8,11,13,16H,2-6,9-10,20H2,1H3,(H,22,24)(H,21,23,25);2*1H. The summed E-state index contributed by atoms with van der Waals surface area (Å²) in [5.74, 6) is 0.673. The normalized spacial score (nSPS) is 15.0. The van der Waals surface area contributed by atoms with Crippen LogP contribution in [0.3, 0.4) is 0 Å². The molecule has 2 amide bonds. The van der Waals surface area contributed by atoms with Crippen molar-refractivity contribution in [1.29, 1.82) is 0 Å². The summed E-state index contributed by atoms with van der Waals surface area (Å²) < 4.78 is 5.14. The second-order valence-electron chi connectivity index (χ2n) is 6.97. The molecule has 3 rings (SSSR count). The molecule has 2 aromatic rings. The number of nitrogens with one attached hydrogen (secondary N) is 2. The van der Waals surface area contributed by atoms with Gasteiger partial charge in [-0.15, -0.1) is 36.2 Å². The fraction of sp³-hybridized carbons (Fsp3) is 0.526. The molecular weight excluding hydrogens is 435 g/mol. The smallest absolute Gasteiger partial charge is 0.260 e. The zero-order valence-electron chi connectivity index (χ0n) is 16.3. The molecule has 0 aromatic carbocycles. The molecule has 2 heterocycles. The van der Waals surface area contributed by atoms with Gasteiger partial charge in [0, 0.05) is 18.0 Å². The van der Waals surface area contributed by atoms with Gasteiger partial charge < -0.3 is 15.5 Å². The van der Waals surface area contributed by atoms with Crippen LogP contribution in [0, 0.1) is 12.8 Å². The third-order valence-corrected chi connectivity index (χ3v) is 5.84. The van der Waals surface area contributed by atoms with Gasteiger partial charge in [0.15, 0.2) is 5.13 Å². The minimum atomic E-state index is -0.271. The van der Waals surface area contributed by atoms with Crippen LogP contribution in [-0.4, -0.2) is 29.4 Å². The molecule has 10 heteroatoms. The van der Waals surface area contributed by atoms with Crippen LogP contribution in [-0.2, 0) is 11.2 Å². The highest BCUT2D eigenvalue weighted by Gasteiger charge is 2.24. The Morgan fingerprint density at radius 2 is 2.03 bits per heavy atom. The van der Waals surface area contributed by atoms with Gasteiger partial charge in [-0.05, 0) is 31.7 Å². The average Bonchev–Trinajstić information content (AvgIpc) is 3.29. The van der Waals surface area contributed by atoms with Crippen molar-refractivity contribution in [3.05, 3.63) is 34.7 Å². The number of hydrogen-bond donors (Lipinski definition) is 3. The highest BCUT2D eigenvalue weighted by molar-refractivity contribution is 7.14. The molecule has 1 unspecified atom stereocenters. The van der Waals surface area contributed by atoms with Crippen molar-refractivity contribution in [1.82, 2.24) is 10.3 Å². The number of rotatable bonds is 7. The first-order valence-corrected chi connectivity index (χ1v) is 10.2. The number of carbonyl (C=O) groups excluding carboxylic acids is 2. The van der Waals surface area contributed by atoms with E-state index in [0.717, 1.165) is 12.8 Å². The molecule has 1 aliphatic rings. The van der Waals surface area contributed by atoms with Crippen molar-refractivity contribution in [2.45, 2.75) is 51.5 Å². The summed E-state index contributed by atoms with van der Waals surface area (Å²) in [6, 6.07) is 1.64. The monoisotopic (exact) mass is 462 g/mol.